The van der Waals surface area contributed by atoms with Crippen molar-refractivity contribution in [3.05, 3.63) is 48.3 Å². The van der Waals surface area contributed by atoms with Gasteiger partial charge in [-0.2, -0.15) is 0 Å². The molecule has 1 fully saturated rings. The number of piperidine rings is 1. The van der Waals surface area contributed by atoms with Gasteiger partial charge in [0.05, 0.1) is 24.6 Å². The van der Waals surface area contributed by atoms with Crippen molar-refractivity contribution in [3.63, 3.8) is 0 Å². The number of Topliss-reactive ketones (excluding diaryl/α,β-unsaturated/α-hetero) is 1. The summed E-state index contributed by atoms with van der Waals surface area (Å²) in [4.78, 5) is 12.4. The highest BCUT2D eigenvalue weighted by molar-refractivity contribution is 5.85. The molecule has 1 saturated heterocycles. The molecule has 0 amide bonds. The molecule has 0 spiro atoms. The molecule has 0 aromatic carbocycles. The monoisotopic (exact) mass is 259 g/mol. The highest BCUT2D eigenvalue weighted by atomic mass is 16.3. The zero-order valence-electron chi connectivity index (χ0n) is 11.0. The smallest absolute Gasteiger partial charge is 0.142 e. The molecule has 2 aromatic rings. The Hall–Kier alpha value is -1.81. The number of carbonyl (C=O) groups excluding carboxylic acids is 1. The third-order valence-electron chi connectivity index (χ3n) is 3.96. The fourth-order valence-electron chi connectivity index (χ4n) is 2.82. The van der Waals surface area contributed by atoms with Gasteiger partial charge in [-0.1, -0.05) is 13.8 Å². The Morgan fingerprint density at radius 1 is 0.947 bits per heavy atom. The van der Waals surface area contributed by atoms with Crippen LogP contribution in [0.3, 0.4) is 0 Å². The lowest BCUT2D eigenvalue weighted by Gasteiger charge is -2.37. The minimum atomic E-state index is -0.104. The Morgan fingerprint density at radius 2 is 1.42 bits per heavy atom. The lowest BCUT2D eigenvalue weighted by Crippen LogP contribution is -2.46. The Bertz CT molecular complexity index is 496. The van der Waals surface area contributed by atoms with Crippen molar-refractivity contribution in [2.75, 3.05) is 0 Å². The van der Waals surface area contributed by atoms with Gasteiger partial charge in [-0.3, -0.25) is 10.1 Å². The minimum Gasteiger partial charge on any atom is -0.468 e. The summed E-state index contributed by atoms with van der Waals surface area (Å²) in [6, 6.07) is 7.28. The third-order valence-corrected chi connectivity index (χ3v) is 3.96. The minimum absolute atomic E-state index is 0.103. The predicted molar refractivity (Wildman–Crippen MR) is 69.4 cm³/mol. The van der Waals surface area contributed by atoms with Crippen LogP contribution in [0, 0.1) is 11.8 Å². The molecule has 19 heavy (non-hydrogen) atoms. The molecule has 2 aromatic heterocycles. The number of hydrogen-bond donors (Lipinski definition) is 1. The van der Waals surface area contributed by atoms with Crippen LogP contribution in [0.25, 0.3) is 0 Å². The quantitative estimate of drug-likeness (QED) is 0.900. The first-order valence-corrected chi connectivity index (χ1v) is 6.55. The molecular formula is C15H17NO3. The number of carbonyl (C=O) groups is 1. The van der Waals surface area contributed by atoms with Crippen molar-refractivity contribution in [2.24, 2.45) is 11.8 Å². The zero-order valence-corrected chi connectivity index (χ0v) is 11.0. The van der Waals surface area contributed by atoms with Gasteiger partial charge in [0.2, 0.25) is 0 Å². The maximum atomic E-state index is 12.4. The van der Waals surface area contributed by atoms with Crippen LogP contribution in [-0.2, 0) is 4.79 Å². The van der Waals surface area contributed by atoms with E-state index in [1.165, 1.54) is 0 Å². The van der Waals surface area contributed by atoms with E-state index in [9.17, 15) is 4.79 Å². The van der Waals surface area contributed by atoms with E-state index in [0.29, 0.717) is 0 Å². The lowest BCUT2D eigenvalue weighted by atomic mass is 9.79. The first-order valence-electron chi connectivity index (χ1n) is 6.55. The van der Waals surface area contributed by atoms with Crippen molar-refractivity contribution in [2.45, 2.75) is 25.9 Å². The molecule has 1 aliphatic heterocycles. The second-order valence-corrected chi connectivity index (χ2v) is 5.13. The summed E-state index contributed by atoms with van der Waals surface area (Å²) >= 11 is 0. The number of ketones is 1. The Kier molecular flexibility index (Phi) is 3.03. The summed E-state index contributed by atoms with van der Waals surface area (Å²) in [5.74, 6) is 1.62. The average molecular weight is 259 g/mol. The first-order chi connectivity index (χ1) is 9.18. The number of hydrogen-bond acceptors (Lipinski definition) is 4. The molecule has 4 heteroatoms. The largest absolute Gasteiger partial charge is 0.468 e. The summed E-state index contributed by atoms with van der Waals surface area (Å²) in [5.41, 5.74) is 0. The van der Waals surface area contributed by atoms with Crippen LogP contribution < -0.4 is 5.32 Å². The normalized spacial score (nSPS) is 31.6. The predicted octanol–water partition coefficient (Wildman–Crippen LogP) is 3.10. The second kappa shape index (κ2) is 4.70. The van der Waals surface area contributed by atoms with Gasteiger partial charge in [0, 0.05) is 11.8 Å². The van der Waals surface area contributed by atoms with Gasteiger partial charge in [0.1, 0.15) is 17.3 Å². The highest BCUT2D eigenvalue weighted by Crippen LogP contribution is 2.38. The van der Waals surface area contributed by atoms with Crippen LogP contribution in [0.2, 0.25) is 0 Å². The maximum Gasteiger partial charge on any atom is 0.142 e. The SMILES string of the molecule is C[C@H]1C(=O)[C@H](C)[C@H](c2ccco2)N[C@@H]1c1ccco1. The molecule has 0 aliphatic carbocycles. The van der Waals surface area contributed by atoms with Crippen molar-refractivity contribution in [1.82, 2.24) is 5.32 Å². The average Bonchev–Trinajstić information content (AvgIpc) is 3.08. The molecule has 3 rings (SSSR count). The van der Waals surface area contributed by atoms with E-state index in [1.54, 1.807) is 12.5 Å². The third kappa shape index (κ3) is 2.02. The number of rotatable bonds is 2. The van der Waals surface area contributed by atoms with E-state index in [0.717, 1.165) is 11.5 Å². The van der Waals surface area contributed by atoms with E-state index in [-0.39, 0.29) is 29.7 Å². The molecule has 0 saturated carbocycles. The molecule has 0 bridgehead atoms. The fraction of sp³-hybridized carbons (Fsp3) is 0.400. The van der Waals surface area contributed by atoms with Crippen molar-refractivity contribution in [3.8, 4) is 0 Å². The summed E-state index contributed by atoms with van der Waals surface area (Å²) in [6.07, 6.45) is 3.27. The summed E-state index contributed by atoms with van der Waals surface area (Å²) in [5, 5.41) is 3.48. The molecule has 0 unspecified atom stereocenters. The van der Waals surface area contributed by atoms with Gasteiger partial charge in [-0.15, -0.1) is 0 Å². The molecule has 3 heterocycles. The van der Waals surface area contributed by atoms with Crippen molar-refractivity contribution in [1.29, 1.82) is 0 Å². The molecule has 1 aliphatic rings. The maximum absolute atomic E-state index is 12.4. The van der Waals surface area contributed by atoms with Gasteiger partial charge < -0.3 is 8.83 Å². The number of nitrogens with one attached hydrogen (secondary N) is 1. The highest BCUT2D eigenvalue weighted by Gasteiger charge is 2.42. The van der Waals surface area contributed by atoms with E-state index < -0.39 is 0 Å². The standard InChI is InChI=1S/C15H17NO3/c1-9-13(11-5-3-7-18-11)16-14(10(2)15(9)17)12-6-4-8-19-12/h3-10,13-14,16H,1-2H3/t9-,10-,13-,14+/m1/s1. The lowest BCUT2D eigenvalue weighted by molar-refractivity contribution is -0.131. The molecule has 4 atom stereocenters. The van der Waals surface area contributed by atoms with Gasteiger partial charge in [0.25, 0.3) is 0 Å². The Labute approximate surface area is 111 Å². The fourth-order valence-corrected chi connectivity index (χ4v) is 2.82. The van der Waals surface area contributed by atoms with Crippen molar-refractivity contribution < 1.29 is 13.6 Å². The Balaban J connectivity index is 1.93. The van der Waals surface area contributed by atoms with E-state index in [1.807, 2.05) is 38.1 Å². The second-order valence-electron chi connectivity index (χ2n) is 5.13. The van der Waals surface area contributed by atoms with E-state index in [4.69, 9.17) is 8.83 Å². The summed E-state index contributed by atoms with van der Waals surface area (Å²) in [6.45, 7) is 3.88. The van der Waals surface area contributed by atoms with Crippen LogP contribution >= 0.6 is 0 Å². The summed E-state index contributed by atoms with van der Waals surface area (Å²) < 4.78 is 10.9. The first kappa shape index (κ1) is 12.2. The van der Waals surface area contributed by atoms with Gasteiger partial charge in [-0.25, -0.2) is 0 Å². The number of furan rings is 2. The topological polar surface area (TPSA) is 55.4 Å². The molecule has 4 nitrogen and oxygen atoms in total. The van der Waals surface area contributed by atoms with Crippen LogP contribution in [-0.4, -0.2) is 5.78 Å². The Morgan fingerprint density at radius 3 is 1.79 bits per heavy atom. The van der Waals surface area contributed by atoms with Gasteiger partial charge in [0.15, 0.2) is 0 Å². The molecule has 100 valence electrons. The van der Waals surface area contributed by atoms with Gasteiger partial charge in [-0.05, 0) is 24.3 Å². The summed E-state index contributed by atoms with van der Waals surface area (Å²) in [7, 11) is 0. The van der Waals surface area contributed by atoms with E-state index in [2.05, 4.69) is 5.32 Å². The van der Waals surface area contributed by atoms with Crippen LogP contribution in [0.15, 0.2) is 45.6 Å². The molecule has 0 radical (unpaired) electrons. The zero-order chi connectivity index (χ0) is 13.4. The van der Waals surface area contributed by atoms with Crippen molar-refractivity contribution >= 4 is 5.78 Å². The van der Waals surface area contributed by atoms with E-state index >= 15 is 0 Å². The molecule has 1 N–H and O–H groups in total. The van der Waals surface area contributed by atoms with Crippen LogP contribution in [0.5, 0.6) is 0 Å². The van der Waals surface area contributed by atoms with Crippen LogP contribution in [0.1, 0.15) is 37.5 Å². The molecular weight excluding hydrogens is 242 g/mol. The van der Waals surface area contributed by atoms with Gasteiger partial charge >= 0.3 is 0 Å². The van der Waals surface area contributed by atoms with Crippen LogP contribution in [0.4, 0.5) is 0 Å².